The maximum atomic E-state index is 11.6. The molecule has 1 amide bonds. The number of nitrogens with zero attached hydrogens (tertiary/aromatic N) is 2. The topological polar surface area (TPSA) is 90.1 Å². The maximum Gasteiger partial charge on any atom is 0.256 e. The molecule has 116 valence electrons. The van der Waals surface area contributed by atoms with E-state index in [9.17, 15) is 4.79 Å². The van der Waals surface area contributed by atoms with Gasteiger partial charge in [0.15, 0.2) is 5.82 Å². The summed E-state index contributed by atoms with van der Waals surface area (Å²) in [6.07, 6.45) is 1.43. The Morgan fingerprint density at radius 1 is 1.41 bits per heavy atom. The molecule has 0 bridgehead atoms. The van der Waals surface area contributed by atoms with Crippen molar-refractivity contribution >= 4 is 11.7 Å². The molecule has 0 spiro atoms. The summed E-state index contributed by atoms with van der Waals surface area (Å²) in [4.78, 5) is 20.0. The van der Waals surface area contributed by atoms with Gasteiger partial charge >= 0.3 is 0 Å². The van der Waals surface area contributed by atoms with Gasteiger partial charge in [0.1, 0.15) is 11.6 Å². The van der Waals surface area contributed by atoms with Crippen molar-refractivity contribution in [3.63, 3.8) is 0 Å². The summed E-state index contributed by atoms with van der Waals surface area (Å²) >= 11 is 0. The molecule has 1 aromatic heterocycles. The van der Waals surface area contributed by atoms with Crippen LogP contribution in [0.4, 0.5) is 5.82 Å². The van der Waals surface area contributed by atoms with Crippen LogP contribution < -0.4 is 15.8 Å². The van der Waals surface area contributed by atoms with Crippen LogP contribution >= 0.6 is 0 Å². The zero-order valence-electron chi connectivity index (χ0n) is 13.0. The first-order valence-corrected chi connectivity index (χ1v) is 7.09. The zero-order valence-corrected chi connectivity index (χ0v) is 13.0. The molecule has 1 aromatic carbocycles. The van der Waals surface area contributed by atoms with Crippen LogP contribution in [0.1, 0.15) is 24.2 Å². The highest BCUT2D eigenvalue weighted by atomic mass is 16.5. The largest absolute Gasteiger partial charge is 0.493 e. The van der Waals surface area contributed by atoms with Crippen LogP contribution in [0.2, 0.25) is 0 Å². The molecule has 6 heteroatoms. The van der Waals surface area contributed by atoms with E-state index in [1.807, 2.05) is 24.3 Å². The summed E-state index contributed by atoms with van der Waals surface area (Å²) < 4.78 is 5.69. The quantitative estimate of drug-likeness (QED) is 0.882. The number of carbonyl (C=O) groups is 1. The lowest BCUT2D eigenvalue weighted by molar-refractivity contribution is 0.0963. The molecule has 0 saturated carbocycles. The normalized spacial score (nSPS) is 10.5. The van der Waals surface area contributed by atoms with Crippen molar-refractivity contribution in [2.45, 2.75) is 13.8 Å². The summed E-state index contributed by atoms with van der Waals surface area (Å²) in [5.74, 6) is 1.50. The smallest absolute Gasteiger partial charge is 0.256 e. The highest BCUT2D eigenvalue weighted by molar-refractivity contribution is 5.98. The van der Waals surface area contributed by atoms with Gasteiger partial charge in [-0.15, -0.1) is 0 Å². The number of benzene rings is 1. The van der Waals surface area contributed by atoms with Crippen LogP contribution in [-0.4, -0.2) is 29.5 Å². The van der Waals surface area contributed by atoms with E-state index in [4.69, 9.17) is 10.5 Å². The number of rotatable bonds is 5. The van der Waals surface area contributed by atoms with Crippen LogP contribution in [0.5, 0.6) is 5.75 Å². The van der Waals surface area contributed by atoms with E-state index in [0.29, 0.717) is 18.3 Å². The third-order valence-electron chi connectivity index (χ3n) is 2.97. The number of carbonyl (C=O) groups excluding carboxylic acids is 1. The van der Waals surface area contributed by atoms with Crippen LogP contribution in [0, 0.1) is 5.92 Å². The van der Waals surface area contributed by atoms with E-state index >= 15 is 0 Å². The molecule has 0 atom stereocenters. The molecule has 0 aliphatic rings. The summed E-state index contributed by atoms with van der Waals surface area (Å²) in [6.45, 7) is 4.82. The summed E-state index contributed by atoms with van der Waals surface area (Å²) in [5.41, 5.74) is 6.88. The van der Waals surface area contributed by atoms with Crippen molar-refractivity contribution in [2.24, 2.45) is 5.92 Å². The fourth-order valence-electron chi connectivity index (χ4n) is 1.83. The third-order valence-corrected chi connectivity index (χ3v) is 2.97. The second-order valence-electron chi connectivity index (χ2n) is 5.30. The fourth-order valence-corrected chi connectivity index (χ4v) is 1.83. The van der Waals surface area contributed by atoms with Gasteiger partial charge < -0.3 is 15.8 Å². The number of nitrogens with one attached hydrogen (secondary N) is 1. The van der Waals surface area contributed by atoms with Gasteiger partial charge in [0.05, 0.1) is 12.2 Å². The van der Waals surface area contributed by atoms with Gasteiger partial charge in [-0.1, -0.05) is 26.0 Å². The van der Waals surface area contributed by atoms with Gasteiger partial charge in [0.25, 0.3) is 5.91 Å². The average Bonchev–Trinajstić information content (AvgIpc) is 2.52. The van der Waals surface area contributed by atoms with Crippen LogP contribution in [0.25, 0.3) is 11.4 Å². The van der Waals surface area contributed by atoms with E-state index in [1.165, 1.54) is 13.2 Å². The molecule has 0 fully saturated rings. The first-order valence-electron chi connectivity index (χ1n) is 7.09. The molecule has 3 N–H and O–H groups in total. The second kappa shape index (κ2) is 6.89. The third kappa shape index (κ3) is 3.72. The lowest BCUT2D eigenvalue weighted by Crippen LogP contribution is -2.20. The fraction of sp³-hybridized carbons (Fsp3) is 0.312. The lowest BCUT2D eigenvalue weighted by atomic mass is 10.2. The number of ether oxygens (including phenoxy) is 1. The van der Waals surface area contributed by atoms with Crippen molar-refractivity contribution in [1.82, 2.24) is 15.3 Å². The number of anilines is 1. The van der Waals surface area contributed by atoms with E-state index in [2.05, 4.69) is 29.1 Å². The first kappa shape index (κ1) is 15.8. The van der Waals surface area contributed by atoms with Crippen molar-refractivity contribution in [2.75, 3.05) is 19.4 Å². The number of hydrogen-bond donors (Lipinski definition) is 2. The van der Waals surface area contributed by atoms with E-state index < -0.39 is 0 Å². The van der Waals surface area contributed by atoms with Crippen molar-refractivity contribution < 1.29 is 9.53 Å². The lowest BCUT2D eigenvalue weighted by Gasteiger charge is -2.10. The van der Waals surface area contributed by atoms with E-state index in [1.54, 1.807) is 0 Å². The molecule has 2 rings (SSSR count). The summed E-state index contributed by atoms with van der Waals surface area (Å²) in [7, 11) is 1.53. The predicted octanol–water partition coefficient (Wildman–Crippen LogP) is 2.12. The Morgan fingerprint density at radius 3 is 2.82 bits per heavy atom. The van der Waals surface area contributed by atoms with Crippen LogP contribution in [-0.2, 0) is 0 Å². The Morgan fingerprint density at radius 2 is 2.18 bits per heavy atom. The highest BCUT2D eigenvalue weighted by Crippen LogP contribution is 2.22. The molecule has 0 unspecified atom stereocenters. The molecule has 0 radical (unpaired) electrons. The molecular formula is C16H20N4O2. The Bertz CT molecular complexity index is 671. The number of nitrogen functional groups attached to an aromatic ring is 1. The Hall–Kier alpha value is -2.63. The molecule has 1 heterocycles. The van der Waals surface area contributed by atoms with Gasteiger partial charge in [-0.3, -0.25) is 4.79 Å². The highest BCUT2D eigenvalue weighted by Gasteiger charge is 2.12. The minimum Gasteiger partial charge on any atom is -0.493 e. The molecule has 2 aromatic rings. The van der Waals surface area contributed by atoms with Crippen molar-refractivity contribution in [3.8, 4) is 17.1 Å². The second-order valence-corrected chi connectivity index (χ2v) is 5.30. The minimum absolute atomic E-state index is 0.151. The van der Waals surface area contributed by atoms with Gasteiger partial charge in [-0.05, 0) is 18.1 Å². The monoisotopic (exact) mass is 300 g/mol. The molecule has 0 aliphatic heterocycles. The summed E-state index contributed by atoms with van der Waals surface area (Å²) in [6, 6.07) is 7.48. The Balaban J connectivity index is 2.26. The first-order chi connectivity index (χ1) is 10.5. The van der Waals surface area contributed by atoms with Gasteiger partial charge in [0, 0.05) is 18.8 Å². The number of nitrogens with two attached hydrogens (primary N) is 1. The van der Waals surface area contributed by atoms with Gasteiger partial charge in [0.2, 0.25) is 0 Å². The average molecular weight is 300 g/mol. The Kier molecular flexibility index (Phi) is 4.93. The van der Waals surface area contributed by atoms with Gasteiger partial charge in [-0.25, -0.2) is 9.97 Å². The molecule has 6 nitrogen and oxygen atoms in total. The standard InChI is InChI=1S/C16H20N4O2/c1-10(2)9-22-12-6-4-5-11(7-12)15-19-8-13(14(17)20-15)16(21)18-3/h4-8,10H,9H2,1-3H3,(H,18,21)(H2,17,19,20). The Labute approximate surface area is 129 Å². The van der Waals surface area contributed by atoms with Crippen LogP contribution in [0.15, 0.2) is 30.5 Å². The SMILES string of the molecule is CNC(=O)c1cnc(-c2cccc(OCC(C)C)c2)nc1N. The number of aromatic nitrogens is 2. The predicted molar refractivity (Wildman–Crippen MR) is 85.6 cm³/mol. The van der Waals surface area contributed by atoms with Crippen molar-refractivity contribution in [3.05, 3.63) is 36.0 Å². The van der Waals surface area contributed by atoms with E-state index in [0.717, 1.165) is 11.3 Å². The van der Waals surface area contributed by atoms with Crippen LogP contribution in [0.3, 0.4) is 0 Å². The minimum atomic E-state index is -0.307. The van der Waals surface area contributed by atoms with Gasteiger partial charge in [-0.2, -0.15) is 0 Å². The van der Waals surface area contributed by atoms with Crippen molar-refractivity contribution in [1.29, 1.82) is 0 Å². The van der Waals surface area contributed by atoms with E-state index in [-0.39, 0.29) is 17.3 Å². The molecule has 22 heavy (non-hydrogen) atoms. The summed E-state index contributed by atoms with van der Waals surface area (Å²) in [5, 5.41) is 2.50. The number of amides is 1. The zero-order chi connectivity index (χ0) is 16.1. The molecular weight excluding hydrogens is 280 g/mol. The molecule has 0 aliphatic carbocycles. The maximum absolute atomic E-state index is 11.6. The molecule has 0 saturated heterocycles. The number of hydrogen-bond acceptors (Lipinski definition) is 5.